The fourth-order valence-electron chi connectivity index (χ4n) is 7.00. The summed E-state index contributed by atoms with van der Waals surface area (Å²) in [4.78, 5) is 0. The first-order valence-electron chi connectivity index (χ1n) is 13.7. The van der Waals surface area contributed by atoms with E-state index in [1.807, 2.05) is 0 Å². The van der Waals surface area contributed by atoms with Gasteiger partial charge in [-0.05, 0) is 51.4 Å². The average molecular weight is 421 g/mol. The number of hydrogen-bond donors (Lipinski definition) is 0. The molecule has 0 aromatic carbocycles. The van der Waals surface area contributed by atoms with Gasteiger partial charge in [-0.3, -0.25) is 0 Å². The predicted octanol–water partition coefficient (Wildman–Crippen LogP) is 8.58. The number of rotatable bonds is 6. The van der Waals surface area contributed by atoms with Crippen LogP contribution in [-0.4, -0.2) is 20.8 Å². The Bertz CT molecular complexity index is 398. The summed E-state index contributed by atoms with van der Waals surface area (Å²) in [6.45, 7) is 0. The van der Waals surface area contributed by atoms with Crippen LogP contribution >= 0.6 is 0 Å². The minimum atomic E-state index is -2.18. The fourth-order valence-corrected chi connectivity index (χ4v) is 12.4. The Labute approximate surface area is 182 Å². The minimum absolute atomic E-state index is 0.511. The highest BCUT2D eigenvalue weighted by atomic mass is 28.4. The summed E-state index contributed by atoms with van der Waals surface area (Å²) in [5, 5.41) is 0. The van der Waals surface area contributed by atoms with Crippen molar-refractivity contribution in [2.45, 2.75) is 165 Å². The lowest BCUT2D eigenvalue weighted by Gasteiger charge is -2.45. The van der Waals surface area contributed by atoms with Crippen LogP contribution in [0, 0.1) is 0 Å². The zero-order valence-electron chi connectivity index (χ0n) is 19.2. The Morgan fingerprint density at radius 2 is 0.621 bits per heavy atom. The van der Waals surface area contributed by atoms with Crippen LogP contribution in [0.1, 0.15) is 141 Å². The van der Waals surface area contributed by atoms with E-state index < -0.39 is 8.56 Å². The second-order valence-corrected chi connectivity index (χ2v) is 14.4. The van der Waals surface area contributed by atoms with E-state index >= 15 is 0 Å². The van der Waals surface area contributed by atoms with Crippen molar-refractivity contribution in [2.75, 3.05) is 0 Å². The third-order valence-corrected chi connectivity index (χ3v) is 13.5. The standard InChI is InChI=1S/C26H48O2Si/c1-3-7-15-23(16-8-4-1)27-29(25-19-11-12-20-25,26-21-13-14-22-26)28-24-17-9-5-2-6-10-18-24/h23-26H,1-22H2. The lowest BCUT2D eigenvalue weighted by molar-refractivity contribution is 0.0420. The molecular weight excluding hydrogens is 372 g/mol. The van der Waals surface area contributed by atoms with Gasteiger partial charge in [-0.1, -0.05) is 89.9 Å². The van der Waals surface area contributed by atoms with Gasteiger partial charge in [-0.15, -0.1) is 0 Å². The molecule has 29 heavy (non-hydrogen) atoms. The van der Waals surface area contributed by atoms with Gasteiger partial charge >= 0.3 is 8.56 Å². The van der Waals surface area contributed by atoms with Gasteiger partial charge in [-0.25, -0.2) is 0 Å². The first-order chi connectivity index (χ1) is 14.4. The van der Waals surface area contributed by atoms with Crippen LogP contribution in [0.25, 0.3) is 0 Å². The largest absolute Gasteiger partial charge is 0.391 e. The molecule has 4 fully saturated rings. The van der Waals surface area contributed by atoms with Gasteiger partial charge in [0.25, 0.3) is 0 Å². The molecule has 0 amide bonds. The molecule has 0 atom stereocenters. The Hall–Kier alpha value is 0.137. The summed E-state index contributed by atoms with van der Waals surface area (Å²) in [7, 11) is -2.18. The van der Waals surface area contributed by atoms with Crippen molar-refractivity contribution in [1.82, 2.24) is 0 Å². The van der Waals surface area contributed by atoms with E-state index in [0.29, 0.717) is 12.2 Å². The molecule has 0 N–H and O–H groups in total. The second kappa shape index (κ2) is 11.7. The maximum Gasteiger partial charge on any atom is 0.345 e. The van der Waals surface area contributed by atoms with Crippen molar-refractivity contribution in [3.8, 4) is 0 Å². The minimum Gasteiger partial charge on any atom is -0.391 e. The summed E-state index contributed by atoms with van der Waals surface area (Å²) in [6, 6.07) is 0. The van der Waals surface area contributed by atoms with Crippen LogP contribution in [0.4, 0.5) is 0 Å². The molecule has 0 aliphatic heterocycles. The topological polar surface area (TPSA) is 18.5 Å². The van der Waals surface area contributed by atoms with Crippen LogP contribution in [0.5, 0.6) is 0 Å². The Kier molecular flexibility index (Phi) is 8.99. The van der Waals surface area contributed by atoms with Crippen molar-refractivity contribution < 1.29 is 8.85 Å². The first-order valence-corrected chi connectivity index (χ1v) is 15.7. The maximum atomic E-state index is 7.47. The van der Waals surface area contributed by atoms with Crippen LogP contribution in [0.2, 0.25) is 11.1 Å². The average Bonchev–Trinajstić information content (AvgIpc) is 3.39. The van der Waals surface area contributed by atoms with Crippen LogP contribution in [0.15, 0.2) is 0 Å². The maximum absolute atomic E-state index is 7.47. The highest BCUT2D eigenvalue weighted by Gasteiger charge is 2.55. The van der Waals surface area contributed by atoms with E-state index in [9.17, 15) is 0 Å². The third-order valence-electron chi connectivity index (χ3n) is 8.65. The summed E-state index contributed by atoms with van der Waals surface area (Å²) < 4.78 is 14.9. The summed E-state index contributed by atoms with van der Waals surface area (Å²) in [5.41, 5.74) is 1.59. The molecule has 168 valence electrons. The van der Waals surface area contributed by atoms with Gasteiger partial charge in [0.1, 0.15) is 0 Å². The van der Waals surface area contributed by atoms with Gasteiger partial charge in [0, 0.05) is 23.3 Å². The van der Waals surface area contributed by atoms with Crippen LogP contribution in [0.3, 0.4) is 0 Å². The molecule has 0 heterocycles. The summed E-state index contributed by atoms with van der Waals surface area (Å²) >= 11 is 0. The van der Waals surface area contributed by atoms with E-state index in [-0.39, 0.29) is 0 Å². The van der Waals surface area contributed by atoms with Gasteiger partial charge < -0.3 is 8.85 Å². The monoisotopic (exact) mass is 420 g/mol. The van der Waals surface area contributed by atoms with E-state index in [0.717, 1.165) is 11.1 Å². The van der Waals surface area contributed by atoms with Crippen LogP contribution in [-0.2, 0) is 8.85 Å². The van der Waals surface area contributed by atoms with Crippen LogP contribution < -0.4 is 0 Å². The summed E-state index contributed by atoms with van der Waals surface area (Å²) in [6.07, 6.45) is 31.7. The number of hydrogen-bond acceptors (Lipinski definition) is 2. The lowest BCUT2D eigenvalue weighted by Crippen LogP contribution is -2.54. The molecule has 4 aliphatic rings. The highest BCUT2D eigenvalue weighted by molar-refractivity contribution is 6.70. The van der Waals surface area contributed by atoms with Crippen molar-refractivity contribution in [3.63, 3.8) is 0 Å². The molecule has 0 aromatic rings. The Morgan fingerprint density at radius 3 is 0.966 bits per heavy atom. The highest BCUT2D eigenvalue weighted by Crippen LogP contribution is 2.53. The van der Waals surface area contributed by atoms with E-state index in [4.69, 9.17) is 8.85 Å². The van der Waals surface area contributed by atoms with Crippen molar-refractivity contribution in [1.29, 1.82) is 0 Å². The first kappa shape index (κ1) is 22.3. The fraction of sp³-hybridized carbons (Fsp3) is 1.00. The summed E-state index contributed by atoms with van der Waals surface area (Å²) in [5.74, 6) is 0. The van der Waals surface area contributed by atoms with Gasteiger partial charge in [0.05, 0.1) is 0 Å². The second-order valence-electron chi connectivity index (χ2n) is 10.9. The SMILES string of the molecule is C1CCCC(O[Si](OC2CCCCCCC2)(C2CCCC2)C2CCCC2)CCC1. The zero-order valence-corrected chi connectivity index (χ0v) is 20.2. The van der Waals surface area contributed by atoms with Crippen molar-refractivity contribution >= 4 is 8.56 Å². The molecular formula is C26H48O2Si. The lowest BCUT2D eigenvalue weighted by atomic mass is 9.99. The molecule has 4 aliphatic carbocycles. The molecule has 0 unspecified atom stereocenters. The van der Waals surface area contributed by atoms with E-state index in [2.05, 4.69) is 0 Å². The van der Waals surface area contributed by atoms with E-state index in [1.165, 1.54) is 141 Å². The van der Waals surface area contributed by atoms with Gasteiger partial charge in [-0.2, -0.15) is 0 Å². The van der Waals surface area contributed by atoms with Gasteiger partial charge in [0.15, 0.2) is 0 Å². The predicted molar refractivity (Wildman–Crippen MR) is 125 cm³/mol. The smallest absolute Gasteiger partial charge is 0.345 e. The Morgan fingerprint density at radius 1 is 0.345 bits per heavy atom. The normalized spacial score (nSPS) is 28.1. The van der Waals surface area contributed by atoms with Gasteiger partial charge in [0.2, 0.25) is 0 Å². The molecule has 4 rings (SSSR count). The quantitative estimate of drug-likeness (QED) is 0.400. The van der Waals surface area contributed by atoms with E-state index in [1.54, 1.807) is 0 Å². The molecule has 0 saturated heterocycles. The van der Waals surface area contributed by atoms with Crippen molar-refractivity contribution in [3.05, 3.63) is 0 Å². The van der Waals surface area contributed by atoms with Crippen molar-refractivity contribution in [2.24, 2.45) is 0 Å². The molecule has 0 spiro atoms. The zero-order chi connectivity index (χ0) is 19.8. The molecule has 2 nitrogen and oxygen atoms in total. The Balaban J connectivity index is 1.55. The molecule has 3 heteroatoms. The molecule has 0 bridgehead atoms. The molecule has 4 saturated carbocycles. The molecule has 0 radical (unpaired) electrons. The third kappa shape index (κ3) is 6.10. The molecule has 0 aromatic heterocycles.